The van der Waals surface area contributed by atoms with Gasteiger partial charge in [0.25, 0.3) is 0 Å². The minimum Gasteiger partial charge on any atom is -0.481 e. The number of aliphatic carboxylic acids is 2. The van der Waals surface area contributed by atoms with Crippen LogP contribution in [-0.2, 0) is 24.0 Å². The van der Waals surface area contributed by atoms with E-state index in [1.54, 1.807) is 0 Å². The van der Waals surface area contributed by atoms with Gasteiger partial charge >= 0.3 is 11.9 Å². The second-order valence-electron chi connectivity index (χ2n) is 5.12. The van der Waals surface area contributed by atoms with Crippen LogP contribution >= 0.6 is 11.8 Å². The van der Waals surface area contributed by atoms with Crippen molar-refractivity contribution >= 4 is 41.4 Å². The summed E-state index contributed by atoms with van der Waals surface area (Å²) in [6, 6.07) is -4.12. The Hall–Kier alpha value is -2.34. The highest BCUT2D eigenvalue weighted by molar-refractivity contribution is 7.98. The lowest BCUT2D eigenvalue weighted by Crippen LogP contribution is -2.55. The number of amides is 3. The fourth-order valence-electron chi connectivity index (χ4n) is 1.71. The first-order chi connectivity index (χ1) is 11.6. The number of carboxylic acids is 2. The number of carbonyl (C=O) groups excluding carboxylic acids is 3. The van der Waals surface area contributed by atoms with E-state index in [-0.39, 0.29) is 0 Å². The summed E-state index contributed by atoms with van der Waals surface area (Å²) >= 11 is 1.46. The molecule has 3 unspecified atom stereocenters. The highest BCUT2D eigenvalue weighted by Crippen LogP contribution is 2.02. The van der Waals surface area contributed by atoms with Gasteiger partial charge in [0.15, 0.2) is 0 Å². The van der Waals surface area contributed by atoms with E-state index >= 15 is 0 Å². The first-order valence-corrected chi connectivity index (χ1v) is 8.56. The zero-order valence-corrected chi connectivity index (χ0v) is 14.4. The minimum absolute atomic E-state index is 0.313. The number of rotatable bonds is 12. The molecular formula is C13H22N4O7S. The largest absolute Gasteiger partial charge is 0.481 e. The number of hydrogen-bond acceptors (Lipinski definition) is 7. The van der Waals surface area contributed by atoms with Crippen molar-refractivity contribution in [3.63, 3.8) is 0 Å². The summed E-state index contributed by atoms with van der Waals surface area (Å²) in [6.45, 7) is 0. The molecule has 142 valence electrons. The van der Waals surface area contributed by atoms with Gasteiger partial charge in [-0.15, -0.1) is 0 Å². The van der Waals surface area contributed by atoms with E-state index in [0.29, 0.717) is 12.2 Å². The zero-order chi connectivity index (χ0) is 19.6. The average Bonchev–Trinajstić information content (AvgIpc) is 2.49. The first-order valence-electron chi connectivity index (χ1n) is 7.16. The minimum atomic E-state index is -1.64. The highest BCUT2D eigenvalue weighted by atomic mass is 32.2. The van der Waals surface area contributed by atoms with E-state index in [0.717, 1.165) is 0 Å². The smallest absolute Gasteiger partial charge is 0.326 e. The third-order valence-corrected chi connectivity index (χ3v) is 3.65. The number of thioether (sulfide) groups is 1. The predicted molar refractivity (Wildman–Crippen MR) is 88.5 cm³/mol. The second kappa shape index (κ2) is 11.3. The van der Waals surface area contributed by atoms with E-state index < -0.39 is 60.6 Å². The molecule has 0 aromatic carbocycles. The van der Waals surface area contributed by atoms with E-state index in [1.807, 2.05) is 11.6 Å². The molecule has 25 heavy (non-hydrogen) atoms. The Kier molecular flexibility index (Phi) is 10.2. The van der Waals surface area contributed by atoms with Gasteiger partial charge in [-0.05, 0) is 18.4 Å². The number of primary amides is 1. The van der Waals surface area contributed by atoms with Gasteiger partial charge in [0.1, 0.15) is 12.1 Å². The van der Waals surface area contributed by atoms with Crippen molar-refractivity contribution in [3.8, 4) is 0 Å². The van der Waals surface area contributed by atoms with Gasteiger partial charge in [0, 0.05) is 0 Å². The third-order valence-electron chi connectivity index (χ3n) is 3.00. The summed E-state index contributed by atoms with van der Waals surface area (Å²) in [4.78, 5) is 56.8. The maximum Gasteiger partial charge on any atom is 0.326 e. The van der Waals surface area contributed by atoms with Gasteiger partial charge in [-0.3, -0.25) is 19.2 Å². The monoisotopic (exact) mass is 378 g/mol. The summed E-state index contributed by atoms with van der Waals surface area (Å²) < 4.78 is 0. The molecule has 0 aromatic heterocycles. The van der Waals surface area contributed by atoms with Crippen LogP contribution < -0.4 is 22.1 Å². The molecule has 0 radical (unpaired) electrons. The van der Waals surface area contributed by atoms with Gasteiger partial charge in [-0.25, -0.2) is 4.79 Å². The average molecular weight is 378 g/mol. The summed E-state index contributed by atoms with van der Waals surface area (Å²) in [6.07, 6.45) is 0.668. The fraction of sp³-hybridized carbons (Fsp3) is 0.615. The number of carboxylic acid groups (broad SMARTS) is 2. The number of nitrogens with two attached hydrogens (primary N) is 2. The quantitative estimate of drug-likeness (QED) is 0.212. The first kappa shape index (κ1) is 22.7. The van der Waals surface area contributed by atoms with Crippen LogP contribution in [0, 0.1) is 0 Å². The normalized spacial score (nSPS) is 14.0. The molecule has 3 atom stereocenters. The Morgan fingerprint density at radius 1 is 1.00 bits per heavy atom. The fourth-order valence-corrected chi connectivity index (χ4v) is 2.20. The second-order valence-corrected chi connectivity index (χ2v) is 6.10. The maximum absolute atomic E-state index is 12.1. The lowest BCUT2D eigenvalue weighted by Gasteiger charge is -2.21. The topological polar surface area (TPSA) is 202 Å². The van der Waals surface area contributed by atoms with E-state index in [9.17, 15) is 24.0 Å². The highest BCUT2D eigenvalue weighted by Gasteiger charge is 2.30. The van der Waals surface area contributed by atoms with E-state index in [4.69, 9.17) is 21.7 Å². The lowest BCUT2D eigenvalue weighted by atomic mass is 10.1. The van der Waals surface area contributed by atoms with Crippen molar-refractivity contribution in [1.82, 2.24) is 10.6 Å². The van der Waals surface area contributed by atoms with Gasteiger partial charge in [-0.1, -0.05) is 0 Å². The Bertz CT molecular complexity index is 529. The van der Waals surface area contributed by atoms with Crippen LogP contribution in [0.2, 0.25) is 0 Å². The van der Waals surface area contributed by atoms with E-state index in [2.05, 4.69) is 5.32 Å². The van der Waals surface area contributed by atoms with Crippen LogP contribution in [0.15, 0.2) is 0 Å². The van der Waals surface area contributed by atoms with Gasteiger partial charge < -0.3 is 32.3 Å². The van der Waals surface area contributed by atoms with Crippen molar-refractivity contribution in [2.24, 2.45) is 11.5 Å². The van der Waals surface area contributed by atoms with Crippen LogP contribution in [0.4, 0.5) is 0 Å². The number of hydrogen-bond donors (Lipinski definition) is 6. The Morgan fingerprint density at radius 3 is 2.00 bits per heavy atom. The summed E-state index contributed by atoms with van der Waals surface area (Å²) in [7, 11) is 0. The van der Waals surface area contributed by atoms with Crippen molar-refractivity contribution in [3.05, 3.63) is 0 Å². The molecule has 0 aromatic rings. The molecule has 0 saturated heterocycles. The lowest BCUT2D eigenvalue weighted by molar-refractivity contribution is -0.144. The van der Waals surface area contributed by atoms with E-state index in [1.165, 1.54) is 11.8 Å². The number of nitrogens with one attached hydrogen (secondary N) is 2. The molecule has 0 aliphatic heterocycles. The van der Waals surface area contributed by atoms with Crippen LogP contribution in [0.5, 0.6) is 0 Å². The maximum atomic E-state index is 12.1. The zero-order valence-electron chi connectivity index (χ0n) is 13.6. The Labute approximate surface area is 147 Å². The standard InChI is InChI=1S/C13H22N4O7S/c1-25-3-2-6(14)11(21)16-7(5-10(19)20)12(22)17-8(13(23)24)4-9(15)18/h6-8H,2-5,14H2,1H3,(H2,15,18)(H,16,21)(H,17,22)(H,19,20)(H,23,24). The molecular weight excluding hydrogens is 356 g/mol. The van der Waals surface area contributed by atoms with Gasteiger partial charge in [0.2, 0.25) is 17.7 Å². The SMILES string of the molecule is CSCCC(N)C(=O)NC(CC(=O)O)C(=O)NC(CC(N)=O)C(=O)O. The molecule has 0 spiro atoms. The van der Waals surface area contributed by atoms with Crippen LogP contribution in [0.3, 0.4) is 0 Å². The van der Waals surface area contributed by atoms with Gasteiger partial charge in [0.05, 0.1) is 18.9 Å². The molecule has 0 aliphatic carbocycles. The van der Waals surface area contributed by atoms with Crippen molar-refractivity contribution in [2.45, 2.75) is 37.4 Å². The van der Waals surface area contributed by atoms with Crippen LogP contribution in [0.1, 0.15) is 19.3 Å². The summed E-state index contributed by atoms with van der Waals surface area (Å²) in [5, 5.41) is 22.0. The van der Waals surface area contributed by atoms with Gasteiger partial charge in [-0.2, -0.15) is 11.8 Å². The summed E-state index contributed by atoms with van der Waals surface area (Å²) in [5.74, 6) is -5.10. The molecule has 0 fully saturated rings. The Balaban J connectivity index is 5.02. The molecule has 12 heteroatoms. The van der Waals surface area contributed by atoms with Crippen molar-refractivity contribution < 1.29 is 34.2 Å². The third kappa shape index (κ3) is 9.52. The van der Waals surface area contributed by atoms with Crippen molar-refractivity contribution in [2.75, 3.05) is 12.0 Å². The predicted octanol–water partition coefficient (Wildman–Crippen LogP) is -2.53. The van der Waals surface area contributed by atoms with Crippen LogP contribution in [0.25, 0.3) is 0 Å². The molecule has 0 rings (SSSR count). The number of carbonyl (C=O) groups is 5. The molecule has 11 nitrogen and oxygen atoms in total. The molecule has 0 heterocycles. The molecule has 3 amide bonds. The summed E-state index contributed by atoms with van der Waals surface area (Å²) in [5.41, 5.74) is 10.5. The van der Waals surface area contributed by atoms with Crippen molar-refractivity contribution in [1.29, 1.82) is 0 Å². The molecule has 8 N–H and O–H groups in total. The molecule has 0 saturated carbocycles. The Morgan fingerprint density at radius 2 is 1.56 bits per heavy atom. The molecule has 0 aliphatic rings. The van der Waals surface area contributed by atoms with Crippen LogP contribution in [-0.4, -0.2) is 70.0 Å². The molecule has 0 bridgehead atoms.